The summed E-state index contributed by atoms with van der Waals surface area (Å²) in [6, 6.07) is 0. The Labute approximate surface area is 51.5 Å². The van der Waals surface area contributed by atoms with Crippen molar-refractivity contribution >= 4 is 0 Å². The van der Waals surface area contributed by atoms with E-state index in [2.05, 4.69) is 6.92 Å². The topological polar surface area (TPSA) is 0 Å². The number of hydrogen-bond acceptors (Lipinski definition) is 0. The first-order chi connectivity index (χ1) is 2.43. The third-order valence-corrected chi connectivity index (χ3v) is 1.11. The van der Waals surface area contributed by atoms with Crippen molar-refractivity contribution in [1.82, 2.24) is 0 Å². The molecular weight excluding hydrogens is 67.0 g/mol. The molecule has 6 heavy (non-hydrogen) atoms. The Morgan fingerprint density at radius 1 is 1.50 bits per heavy atom. The van der Waals surface area contributed by atoms with Crippen molar-refractivity contribution in [2.75, 3.05) is 0 Å². The van der Waals surface area contributed by atoms with Crippen LogP contribution < -0.4 is 18.9 Å². The average Bonchev–Trinajstić information content (AvgIpc) is 2.12. The fourth-order valence-electron chi connectivity index (χ4n) is 0.407. The van der Waals surface area contributed by atoms with Gasteiger partial charge in [0.1, 0.15) is 0 Å². The molecule has 0 aliphatic heterocycles. The predicted octanol–water partition coefficient (Wildman–Crippen LogP) is -1.38. The molecule has 0 atom stereocenters. The molecule has 0 aromatic heterocycles. The van der Waals surface area contributed by atoms with Crippen LogP contribution in [0.3, 0.4) is 0 Å². The maximum absolute atomic E-state index is 3.75. The summed E-state index contributed by atoms with van der Waals surface area (Å²) >= 11 is 0. The molecule has 0 heterocycles. The molecule has 0 bridgehead atoms. The van der Waals surface area contributed by atoms with E-state index in [9.17, 15) is 0 Å². The largest absolute Gasteiger partial charge is 1.00 e. The van der Waals surface area contributed by atoms with Gasteiger partial charge in [0.05, 0.1) is 0 Å². The molecule has 0 aromatic rings. The maximum Gasteiger partial charge on any atom is 1.00 e. The Hall–Kier alpha value is 0.597. The van der Waals surface area contributed by atoms with Gasteiger partial charge in [-0.2, -0.15) is 6.42 Å². The third kappa shape index (κ3) is 1.90. The molecule has 1 aliphatic rings. The summed E-state index contributed by atoms with van der Waals surface area (Å²) in [6.07, 6.45) is 4.06. The SMILES string of the molecule is [CH2-]CC1CC1.[Li+]. The number of hydrogen-bond donors (Lipinski definition) is 0. The maximum atomic E-state index is 3.75. The first-order valence-corrected chi connectivity index (χ1v) is 2.22. The van der Waals surface area contributed by atoms with Gasteiger partial charge in [-0.3, -0.25) is 0 Å². The van der Waals surface area contributed by atoms with E-state index in [-0.39, 0.29) is 18.9 Å². The van der Waals surface area contributed by atoms with Crippen LogP contribution in [0.4, 0.5) is 0 Å². The van der Waals surface area contributed by atoms with Crippen LogP contribution in [0.15, 0.2) is 0 Å². The van der Waals surface area contributed by atoms with Gasteiger partial charge in [0.15, 0.2) is 0 Å². The van der Waals surface area contributed by atoms with Crippen molar-refractivity contribution in [2.45, 2.75) is 19.3 Å². The molecule has 0 nitrogen and oxygen atoms in total. The van der Waals surface area contributed by atoms with Crippen LogP contribution in [0.1, 0.15) is 19.3 Å². The molecule has 0 unspecified atom stereocenters. The van der Waals surface area contributed by atoms with Gasteiger partial charge in [-0.1, -0.05) is 18.8 Å². The fraction of sp³-hybridized carbons (Fsp3) is 0.800. The summed E-state index contributed by atoms with van der Waals surface area (Å²) in [5, 5.41) is 0. The minimum absolute atomic E-state index is 0. The van der Waals surface area contributed by atoms with E-state index >= 15 is 0 Å². The van der Waals surface area contributed by atoms with Crippen molar-refractivity contribution < 1.29 is 18.9 Å². The van der Waals surface area contributed by atoms with E-state index in [1.807, 2.05) is 0 Å². The summed E-state index contributed by atoms with van der Waals surface area (Å²) in [5.41, 5.74) is 0. The minimum Gasteiger partial charge on any atom is -0.343 e. The summed E-state index contributed by atoms with van der Waals surface area (Å²) in [5.74, 6) is 1.02. The van der Waals surface area contributed by atoms with Crippen LogP contribution in [0.5, 0.6) is 0 Å². The Balaban J connectivity index is 0.000000250. The Morgan fingerprint density at radius 3 is 2.00 bits per heavy atom. The van der Waals surface area contributed by atoms with Gasteiger partial charge in [0.2, 0.25) is 0 Å². The first-order valence-electron chi connectivity index (χ1n) is 2.22. The Kier molecular flexibility index (Phi) is 2.99. The van der Waals surface area contributed by atoms with Crippen LogP contribution in [0, 0.1) is 12.8 Å². The van der Waals surface area contributed by atoms with Crippen LogP contribution in [0.25, 0.3) is 0 Å². The Morgan fingerprint density at radius 2 is 2.00 bits per heavy atom. The quantitative estimate of drug-likeness (QED) is 0.267. The zero-order valence-electron chi connectivity index (χ0n) is 4.41. The summed E-state index contributed by atoms with van der Waals surface area (Å²) in [6.45, 7) is 3.75. The van der Waals surface area contributed by atoms with E-state index in [0.717, 1.165) is 5.92 Å². The normalized spacial score (nSPS) is 19.5. The summed E-state index contributed by atoms with van der Waals surface area (Å²) in [4.78, 5) is 0. The molecule has 0 aromatic carbocycles. The third-order valence-electron chi connectivity index (χ3n) is 1.11. The molecular formula is C5H9Li. The van der Waals surface area contributed by atoms with Crippen molar-refractivity contribution in [2.24, 2.45) is 5.92 Å². The monoisotopic (exact) mass is 76.1 g/mol. The van der Waals surface area contributed by atoms with Gasteiger partial charge >= 0.3 is 18.9 Å². The van der Waals surface area contributed by atoms with Gasteiger partial charge in [-0.05, 0) is 0 Å². The van der Waals surface area contributed by atoms with Crippen molar-refractivity contribution in [3.63, 3.8) is 0 Å². The molecule has 1 rings (SSSR count). The molecule has 0 saturated heterocycles. The summed E-state index contributed by atoms with van der Waals surface area (Å²) in [7, 11) is 0. The van der Waals surface area contributed by atoms with Gasteiger partial charge in [0.25, 0.3) is 0 Å². The molecule has 1 saturated carbocycles. The molecule has 0 radical (unpaired) electrons. The van der Waals surface area contributed by atoms with Gasteiger partial charge in [-0.15, -0.1) is 0 Å². The molecule has 0 spiro atoms. The van der Waals surface area contributed by atoms with Crippen LogP contribution in [-0.4, -0.2) is 0 Å². The Bertz CT molecular complexity index is 30.9. The van der Waals surface area contributed by atoms with Crippen LogP contribution in [0.2, 0.25) is 0 Å². The van der Waals surface area contributed by atoms with Gasteiger partial charge in [-0.25, -0.2) is 0 Å². The van der Waals surface area contributed by atoms with E-state index in [1.54, 1.807) is 0 Å². The molecule has 1 aliphatic carbocycles. The second kappa shape index (κ2) is 2.72. The van der Waals surface area contributed by atoms with Crippen LogP contribution >= 0.6 is 0 Å². The summed E-state index contributed by atoms with van der Waals surface area (Å²) < 4.78 is 0. The van der Waals surface area contributed by atoms with Crippen molar-refractivity contribution in [3.8, 4) is 0 Å². The zero-order valence-corrected chi connectivity index (χ0v) is 4.41. The molecule has 0 N–H and O–H groups in total. The van der Waals surface area contributed by atoms with Gasteiger partial charge in [0, 0.05) is 0 Å². The van der Waals surface area contributed by atoms with Crippen LogP contribution in [-0.2, 0) is 0 Å². The van der Waals surface area contributed by atoms with Gasteiger partial charge < -0.3 is 6.92 Å². The predicted molar refractivity (Wildman–Crippen MR) is 22.7 cm³/mol. The standard InChI is InChI=1S/C5H9.Li/c1-2-5-3-4-5;/h5H,1-4H2;/q-1;+1. The average molecular weight is 76.1 g/mol. The van der Waals surface area contributed by atoms with E-state index in [1.165, 1.54) is 19.3 Å². The smallest absolute Gasteiger partial charge is 0.343 e. The second-order valence-electron chi connectivity index (χ2n) is 1.73. The molecule has 30 valence electrons. The minimum atomic E-state index is 0. The first kappa shape index (κ1) is 6.60. The molecule has 1 fully saturated rings. The molecule has 1 heteroatoms. The zero-order chi connectivity index (χ0) is 3.70. The molecule has 0 amide bonds. The van der Waals surface area contributed by atoms with E-state index < -0.39 is 0 Å². The second-order valence-corrected chi connectivity index (χ2v) is 1.73. The van der Waals surface area contributed by atoms with Crippen molar-refractivity contribution in [3.05, 3.63) is 6.92 Å². The van der Waals surface area contributed by atoms with E-state index in [0.29, 0.717) is 0 Å². The van der Waals surface area contributed by atoms with E-state index in [4.69, 9.17) is 0 Å². The van der Waals surface area contributed by atoms with Crippen molar-refractivity contribution in [1.29, 1.82) is 0 Å². The fourth-order valence-corrected chi connectivity index (χ4v) is 0.407. The number of rotatable bonds is 1.